The third kappa shape index (κ3) is 2.90. The first-order chi connectivity index (χ1) is 12.1. The van der Waals surface area contributed by atoms with Gasteiger partial charge in [0.1, 0.15) is 5.69 Å². The van der Waals surface area contributed by atoms with Gasteiger partial charge in [-0.25, -0.2) is 4.98 Å². The highest BCUT2D eigenvalue weighted by Gasteiger charge is 2.33. The van der Waals surface area contributed by atoms with Gasteiger partial charge < -0.3 is 14.7 Å². The normalized spacial score (nSPS) is 19.2. The van der Waals surface area contributed by atoms with Crippen LogP contribution in [0.1, 0.15) is 24.6 Å². The van der Waals surface area contributed by atoms with Crippen molar-refractivity contribution in [3.05, 3.63) is 46.0 Å². The number of amides is 1. The van der Waals surface area contributed by atoms with Crippen LogP contribution in [0.25, 0.3) is 11.5 Å². The number of carbonyl (C=O) groups excluding carboxylic acids is 1. The van der Waals surface area contributed by atoms with Gasteiger partial charge in [0.2, 0.25) is 6.10 Å². The second-order valence-electron chi connectivity index (χ2n) is 6.19. The highest BCUT2D eigenvalue weighted by Crippen LogP contribution is 2.20. The van der Waals surface area contributed by atoms with Crippen molar-refractivity contribution < 1.29 is 9.63 Å². The van der Waals surface area contributed by atoms with E-state index in [-0.39, 0.29) is 18.0 Å². The summed E-state index contributed by atoms with van der Waals surface area (Å²) in [5.74, 6) is 0.294. The maximum Gasteiger partial charge on any atom is 0.267 e. The molecule has 128 valence electrons. The molecule has 4 heterocycles. The zero-order chi connectivity index (χ0) is 17.4. The van der Waals surface area contributed by atoms with E-state index in [1.54, 1.807) is 23.2 Å². The van der Waals surface area contributed by atoms with Crippen LogP contribution in [-0.4, -0.2) is 44.1 Å². The summed E-state index contributed by atoms with van der Waals surface area (Å²) in [6.45, 7) is 2.59. The summed E-state index contributed by atoms with van der Waals surface area (Å²) in [6, 6.07) is 5.41. The lowest BCUT2D eigenvalue weighted by atomic mass is 10.0. The molecule has 2 aromatic rings. The number of pyridine rings is 1. The molecule has 2 aliphatic heterocycles. The molecule has 2 aliphatic rings. The molecule has 0 saturated heterocycles. The first kappa shape index (κ1) is 15.5. The molecule has 8 heteroatoms. The second-order valence-corrected chi connectivity index (χ2v) is 6.19. The molecular formula is C17H17N5O3. The van der Waals surface area contributed by atoms with Crippen molar-refractivity contribution in [2.75, 3.05) is 6.54 Å². The summed E-state index contributed by atoms with van der Waals surface area (Å²) in [5, 5.41) is 3.84. The number of hydrogen-bond donors (Lipinski definition) is 1. The Balaban J connectivity index is 1.61. The fourth-order valence-electron chi connectivity index (χ4n) is 3.08. The fourth-order valence-corrected chi connectivity index (χ4v) is 3.08. The summed E-state index contributed by atoms with van der Waals surface area (Å²) >= 11 is 0. The molecule has 4 rings (SSSR count). The Morgan fingerprint density at radius 2 is 2.28 bits per heavy atom. The number of oxime groups is 1. The van der Waals surface area contributed by atoms with Crippen LogP contribution in [0.3, 0.4) is 0 Å². The maximum atomic E-state index is 12.6. The number of hydrogen-bond acceptors (Lipinski definition) is 6. The van der Waals surface area contributed by atoms with Crippen LogP contribution in [0.15, 0.2) is 34.3 Å². The van der Waals surface area contributed by atoms with Crippen molar-refractivity contribution in [1.82, 2.24) is 19.9 Å². The smallest absolute Gasteiger partial charge is 0.267 e. The number of aromatic nitrogens is 3. The van der Waals surface area contributed by atoms with Crippen molar-refractivity contribution in [2.24, 2.45) is 5.16 Å². The van der Waals surface area contributed by atoms with Crippen molar-refractivity contribution in [3.8, 4) is 11.5 Å². The molecular weight excluding hydrogens is 322 g/mol. The van der Waals surface area contributed by atoms with E-state index in [4.69, 9.17) is 4.84 Å². The Kier molecular flexibility index (Phi) is 3.79. The fraction of sp³-hybridized carbons (Fsp3) is 0.353. The van der Waals surface area contributed by atoms with E-state index in [0.717, 1.165) is 5.71 Å². The van der Waals surface area contributed by atoms with Crippen LogP contribution in [0.4, 0.5) is 0 Å². The lowest BCUT2D eigenvalue weighted by molar-refractivity contribution is -0.143. The quantitative estimate of drug-likeness (QED) is 0.875. The van der Waals surface area contributed by atoms with E-state index in [2.05, 4.69) is 20.1 Å². The molecule has 0 saturated carbocycles. The largest absolute Gasteiger partial charge is 0.382 e. The highest BCUT2D eigenvalue weighted by molar-refractivity contribution is 5.91. The molecule has 25 heavy (non-hydrogen) atoms. The number of rotatable bonds is 2. The van der Waals surface area contributed by atoms with Gasteiger partial charge in [0.15, 0.2) is 5.82 Å². The number of carbonyl (C=O) groups is 1. The van der Waals surface area contributed by atoms with Crippen LogP contribution in [-0.2, 0) is 22.6 Å². The van der Waals surface area contributed by atoms with E-state index in [9.17, 15) is 9.59 Å². The number of aromatic amines is 1. The standard InChI is InChI=1S/C17H17N5O3/c1-10-8-14(25-21-10)17(24)22-7-5-11-13(9-22)19-15(20-16(11)23)12-4-2-3-6-18-12/h2-4,6,14H,5,7-9H2,1H3,(H,19,20,23). The SMILES string of the molecule is CC1=NOC(C(=O)N2CCc3c(nc(-c4ccccn4)[nH]c3=O)C2)C1. The van der Waals surface area contributed by atoms with Crippen LogP contribution in [0.5, 0.6) is 0 Å². The zero-order valence-electron chi connectivity index (χ0n) is 13.7. The molecule has 0 spiro atoms. The Morgan fingerprint density at radius 1 is 1.40 bits per heavy atom. The molecule has 8 nitrogen and oxygen atoms in total. The third-order valence-electron chi connectivity index (χ3n) is 4.38. The topological polar surface area (TPSA) is 101 Å². The summed E-state index contributed by atoms with van der Waals surface area (Å²) in [4.78, 5) is 43.4. The minimum atomic E-state index is -0.571. The van der Waals surface area contributed by atoms with E-state index in [0.29, 0.717) is 42.2 Å². The average molecular weight is 339 g/mol. The molecule has 0 aliphatic carbocycles. The first-order valence-electron chi connectivity index (χ1n) is 8.13. The van der Waals surface area contributed by atoms with Gasteiger partial charge in [0.05, 0.1) is 18.0 Å². The van der Waals surface area contributed by atoms with E-state index in [1.807, 2.05) is 13.0 Å². The predicted molar refractivity (Wildman–Crippen MR) is 89.8 cm³/mol. The minimum Gasteiger partial charge on any atom is -0.382 e. The molecule has 0 aromatic carbocycles. The molecule has 0 fully saturated rings. The number of nitrogens with one attached hydrogen (secondary N) is 1. The number of fused-ring (bicyclic) bond motifs is 1. The van der Waals surface area contributed by atoms with Crippen LogP contribution in [0.2, 0.25) is 0 Å². The van der Waals surface area contributed by atoms with Crippen LogP contribution < -0.4 is 5.56 Å². The van der Waals surface area contributed by atoms with Crippen molar-refractivity contribution >= 4 is 11.6 Å². The zero-order valence-corrected chi connectivity index (χ0v) is 13.7. The summed E-state index contributed by atoms with van der Waals surface area (Å²) in [6.07, 6.45) is 2.05. The highest BCUT2D eigenvalue weighted by atomic mass is 16.6. The molecule has 1 N–H and O–H groups in total. The van der Waals surface area contributed by atoms with Gasteiger partial charge >= 0.3 is 0 Å². The number of nitrogens with zero attached hydrogens (tertiary/aromatic N) is 4. The lowest BCUT2D eigenvalue weighted by Crippen LogP contribution is -2.44. The first-order valence-corrected chi connectivity index (χ1v) is 8.13. The van der Waals surface area contributed by atoms with Gasteiger partial charge in [-0.15, -0.1) is 0 Å². The van der Waals surface area contributed by atoms with Gasteiger partial charge in [0.25, 0.3) is 11.5 Å². The minimum absolute atomic E-state index is 0.118. The second kappa shape index (κ2) is 6.12. The van der Waals surface area contributed by atoms with Crippen molar-refractivity contribution in [1.29, 1.82) is 0 Å². The van der Waals surface area contributed by atoms with Gasteiger partial charge in [-0.1, -0.05) is 11.2 Å². The summed E-state index contributed by atoms with van der Waals surface area (Å²) in [5.41, 5.74) is 2.47. The lowest BCUT2D eigenvalue weighted by Gasteiger charge is -2.29. The molecule has 1 amide bonds. The Hall–Kier alpha value is -3.03. The molecule has 1 atom stereocenters. The van der Waals surface area contributed by atoms with Gasteiger partial charge in [-0.05, 0) is 25.5 Å². The Bertz CT molecular complexity index is 906. The molecule has 0 radical (unpaired) electrons. The number of H-pyrrole nitrogens is 1. The monoisotopic (exact) mass is 339 g/mol. The van der Waals surface area contributed by atoms with Crippen LogP contribution >= 0.6 is 0 Å². The molecule has 2 aromatic heterocycles. The van der Waals surface area contributed by atoms with Crippen molar-refractivity contribution in [3.63, 3.8) is 0 Å². The molecule has 1 unspecified atom stereocenters. The van der Waals surface area contributed by atoms with Crippen molar-refractivity contribution in [2.45, 2.75) is 32.4 Å². The van der Waals surface area contributed by atoms with Gasteiger partial charge in [-0.2, -0.15) is 0 Å². The third-order valence-corrected chi connectivity index (χ3v) is 4.38. The van der Waals surface area contributed by atoms with Crippen LogP contribution in [0, 0.1) is 0 Å². The average Bonchev–Trinajstić information content (AvgIpc) is 3.07. The van der Waals surface area contributed by atoms with E-state index in [1.165, 1.54) is 0 Å². The predicted octanol–water partition coefficient (Wildman–Crippen LogP) is 0.881. The Labute approximate surface area is 143 Å². The van der Waals surface area contributed by atoms with Gasteiger partial charge in [0, 0.05) is 24.7 Å². The summed E-state index contributed by atoms with van der Waals surface area (Å²) < 4.78 is 0. The Morgan fingerprint density at radius 3 is 3.00 bits per heavy atom. The molecule has 0 bridgehead atoms. The summed E-state index contributed by atoms with van der Waals surface area (Å²) in [7, 11) is 0. The van der Waals surface area contributed by atoms with Gasteiger partial charge in [-0.3, -0.25) is 14.6 Å². The van der Waals surface area contributed by atoms with E-state index < -0.39 is 6.10 Å². The van der Waals surface area contributed by atoms with E-state index >= 15 is 0 Å². The maximum absolute atomic E-state index is 12.6.